The van der Waals surface area contributed by atoms with Crippen molar-refractivity contribution in [2.24, 2.45) is 5.92 Å². The highest BCUT2D eigenvalue weighted by molar-refractivity contribution is 5.88. The van der Waals surface area contributed by atoms with E-state index >= 15 is 0 Å². The van der Waals surface area contributed by atoms with Crippen LogP contribution in [0.3, 0.4) is 0 Å². The Bertz CT molecular complexity index is 959. The second-order valence-corrected chi connectivity index (χ2v) is 7.63. The molecule has 5 nitrogen and oxygen atoms in total. The Balaban J connectivity index is 1.84. The Morgan fingerprint density at radius 1 is 1.18 bits per heavy atom. The molecular weight excluding hydrogens is 352 g/mol. The summed E-state index contributed by atoms with van der Waals surface area (Å²) in [5.74, 6) is 1.45. The lowest BCUT2D eigenvalue weighted by Crippen LogP contribution is -2.18. The van der Waals surface area contributed by atoms with E-state index in [4.69, 9.17) is 9.72 Å². The number of carbonyl (C=O) groups is 1. The monoisotopic (exact) mass is 378 g/mol. The molecule has 0 amide bonds. The number of fused-ring (bicyclic) bond motifs is 1. The molecule has 1 saturated carbocycles. The van der Waals surface area contributed by atoms with Crippen LogP contribution in [0.1, 0.15) is 55.0 Å². The van der Waals surface area contributed by atoms with Gasteiger partial charge in [-0.15, -0.1) is 0 Å². The van der Waals surface area contributed by atoms with Gasteiger partial charge in [0.2, 0.25) is 0 Å². The van der Waals surface area contributed by atoms with Crippen molar-refractivity contribution in [2.75, 3.05) is 7.11 Å². The van der Waals surface area contributed by atoms with Crippen molar-refractivity contribution in [3.05, 3.63) is 59.4 Å². The molecule has 1 atom stereocenters. The molecule has 146 valence electrons. The molecule has 0 bridgehead atoms. The first-order chi connectivity index (χ1) is 13.7. The number of carboxylic acid groups (broad SMARTS) is 1. The van der Waals surface area contributed by atoms with Crippen LogP contribution in [0, 0.1) is 5.92 Å². The smallest absolute Gasteiger partial charge is 0.307 e. The topological polar surface area (TPSA) is 75.2 Å². The Morgan fingerprint density at radius 2 is 1.93 bits per heavy atom. The van der Waals surface area contributed by atoms with Gasteiger partial charge in [-0.3, -0.25) is 4.79 Å². The largest absolute Gasteiger partial charge is 0.494 e. The van der Waals surface area contributed by atoms with Crippen molar-refractivity contribution in [3.63, 3.8) is 0 Å². The fraction of sp³-hybridized carbons (Fsp3) is 0.391. The molecule has 1 fully saturated rings. The van der Waals surface area contributed by atoms with Crippen LogP contribution in [0.5, 0.6) is 5.75 Å². The van der Waals surface area contributed by atoms with E-state index in [2.05, 4.69) is 29.2 Å². The predicted octanol–water partition coefficient (Wildman–Crippen LogP) is 4.91. The summed E-state index contributed by atoms with van der Waals surface area (Å²) in [7, 11) is 1.63. The molecule has 4 rings (SSSR count). The minimum Gasteiger partial charge on any atom is -0.494 e. The summed E-state index contributed by atoms with van der Waals surface area (Å²) in [6, 6.07) is 14.1. The number of methoxy groups -OCH3 is 1. The zero-order valence-corrected chi connectivity index (χ0v) is 16.1. The molecule has 2 N–H and O–H groups in total. The van der Waals surface area contributed by atoms with E-state index in [9.17, 15) is 9.90 Å². The lowest BCUT2D eigenvalue weighted by atomic mass is 9.76. The summed E-state index contributed by atoms with van der Waals surface area (Å²) < 4.78 is 5.51. The Kier molecular flexibility index (Phi) is 5.33. The predicted molar refractivity (Wildman–Crippen MR) is 109 cm³/mol. The number of carboxylic acids is 1. The molecule has 28 heavy (non-hydrogen) atoms. The zero-order valence-electron chi connectivity index (χ0n) is 16.1. The lowest BCUT2D eigenvalue weighted by molar-refractivity contribution is -0.136. The highest BCUT2D eigenvalue weighted by atomic mass is 16.5. The molecule has 0 radical (unpaired) electrons. The number of aromatic amines is 1. The molecule has 0 spiro atoms. The minimum atomic E-state index is -0.858. The molecule has 1 heterocycles. The van der Waals surface area contributed by atoms with Gasteiger partial charge in [0.1, 0.15) is 17.1 Å². The lowest BCUT2D eigenvalue weighted by Gasteiger charge is -2.29. The fourth-order valence-electron chi connectivity index (χ4n) is 4.54. The number of H-pyrrole nitrogens is 1. The minimum absolute atomic E-state index is 0.0514. The second kappa shape index (κ2) is 8.05. The van der Waals surface area contributed by atoms with E-state index in [1.807, 2.05) is 12.1 Å². The molecule has 3 aromatic rings. The van der Waals surface area contributed by atoms with Crippen molar-refractivity contribution >= 4 is 17.0 Å². The zero-order chi connectivity index (χ0) is 19.5. The molecule has 2 aromatic carbocycles. The molecule has 0 saturated heterocycles. The molecule has 1 aliphatic carbocycles. The van der Waals surface area contributed by atoms with E-state index in [1.165, 1.54) is 37.7 Å². The number of hydrogen-bond donors (Lipinski definition) is 2. The summed E-state index contributed by atoms with van der Waals surface area (Å²) in [6.07, 6.45) is 6.13. The number of ether oxygens (including phenoxy) is 1. The molecular formula is C23H26N2O3. The van der Waals surface area contributed by atoms with Crippen molar-refractivity contribution in [2.45, 2.75) is 44.4 Å². The summed E-state index contributed by atoms with van der Waals surface area (Å²) in [5, 5.41) is 9.28. The second-order valence-electron chi connectivity index (χ2n) is 7.63. The molecule has 0 aliphatic heterocycles. The van der Waals surface area contributed by atoms with Crippen LogP contribution >= 0.6 is 0 Å². The van der Waals surface area contributed by atoms with Gasteiger partial charge < -0.3 is 14.8 Å². The average molecular weight is 378 g/mol. The number of hydrogen-bond acceptors (Lipinski definition) is 3. The highest BCUT2D eigenvalue weighted by Crippen LogP contribution is 2.41. The first-order valence-corrected chi connectivity index (χ1v) is 9.99. The molecule has 1 aliphatic rings. The van der Waals surface area contributed by atoms with Gasteiger partial charge in [0.05, 0.1) is 19.0 Å². The average Bonchev–Trinajstić information content (AvgIpc) is 3.15. The van der Waals surface area contributed by atoms with Crippen molar-refractivity contribution in [1.82, 2.24) is 9.97 Å². The van der Waals surface area contributed by atoms with Crippen molar-refractivity contribution in [3.8, 4) is 5.75 Å². The van der Waals surface area contributed by atoms with E-state index < -0.39 is 5.97 Å². The fourth-order valence-corrected chi connectivity index (χ4v) is 4.54. The Labute approximate surface area is 164 Å². The third-order valence-electron chi connectivity index (χ3n) is 5.84. The van der Waals surface area contributed by atoms with Gasteiger partial charge in [0, 0.05) is 5.92 Å². The van der Waals surface area contributed by atoms with Gasteiger partial charge >= 0.3 is 5.97 Å². The molecule has 5 heteroatoms. The van der Waals surface area contributed by atoms with Crippen LogP contribution in [0.4, 0.5) is 0 Å². The number of aliphatic carboxylic acids is 1. The maximum atomic E-state index is 11.3. The Hall–Kier alpha value is -2.82. The first-order valence-electron chi connectivity index (χ1n) is 9.99. The van der Waals surface area contributed by atoms with E-state index in [0.29, 0.717) is 22.7 Å². The van der Waals surface area contributed by atoms with Crippen molar-refractivity contribution < 1.29 is 14.6 Å². The van der Waals surface area contributed by atoms with Crippen LogP contribution in [0.2, 0.25) is 0 Å². The SMILES string of the molecule is COc1ccc(CC(=O)O)c2nc(C(c3ccccc3)C3CCCCC3)[nH]c12. The number of nitrogens with one attached hydrogen (secondary N) is 1. The number of imidazole rings is 1. The van der Waals surface area contributed by atoms with Crippen LogP contribution in [-0.4, -0.2) is 28.2 Å². The number of aromatic nitrogens is 2. The van der Waals surface area contributed by atoms with Crippen LogP contribution in [0.15, 0.2) is 42.5 Å². The van der Waals surface area contributed by atoms with Gasteiger partial charge in [-0.1, -0.05) is 55.7 Å². The van der Waals surface area contributed by atoms with Crippen LogP contribution in [0.25, 0.3) is 11.0 Å². The third-order valence-corrected chi connectivity index (χ3v) is 5.84. The number of benzene rings is 2. The quantitative estimate of drug-likeness (QED) is 0.639. The van der Waals surface area contributed by atoms with Crippen LogP contribution in [-0.2, 0) is 11.2 Å². The summed E-state index contributed by atoms with van der Waals surface area (Å²) in [4.78, 5) is 19.7. The van der Waals surface area contributed by atoms with Gasteiger partial charge in [-0.2, -0.15) is 0 Å². The highest BCUT2D eigenvalue weighted by Gasteiger charge is 2.29. The summed E-state index contributed by atoms with van der Waals surface area (Å²) in [5.41, 5.74) is 3.45. The summed E-state index contributed by atoms with van der Waals surface area (Å²) in [6.45, 7) is 0. The normalized spacial score (nSPS) is 16.2. The van der Waals surface area contributed by atoms with E-state index in [-0.39, 0.29) is 12.3 Å². The number of nitrogens with zero attached hydrogens (tertiary/aromatic N) is 1. The maximum Gasteiger partial charge on any atom is 0.307 e. The van der Waals surface area contributed by atoms with Gasteiger partial charge in [0.15, 0.2) is 0 Å². The van der Waals surface area contributed by atoms with E-state index in [1.54, 1.807) is 13.2 Å². The summed E-state index contributed by atoms with van der Waals surface area (Å²) >= 11 is 0. The van der Waals surface area contributed by atoms with E-state index in [0.717, 1.165) is 11.3 Å². The molecule has 1 aromatic heterocycles. The third kappa shape index (κ3) is 3.61. The van der Waals surface area contributed by atoms with Gasteiger partial charge in [0.25, 0.3) is 0 Å². The molecule has 1 unspecified atom stereocenters. The Morgan fingerprint density at radius 3 is 2.61 bits per heavy atom. The number of rotatable bonds is 6. The van der Waals surface area contributed by atoms with Crippen molar-refractivity contribution in [1.29, 1.82) is 0 Å². The maximum absolute atomic E-state index is 11.3. The van der Waals surface area contributed by atoms with Crippen LogP contribution < -0.4 is 4.74 Å². The van der Waals surface area contributed by atoms with Gasteiger partial charge in [-0.05, 0) is 36.0 Å². The van der Waals surface area contributed by atoms with Gasteiger partial charge in [-0.25, -0.2) is 4.98 Å². The first kappa shape index (κ1) is 18.5. The standard InChI is InChI=1S/C23H26N2O3/c1-28-18-13-12-17(14-19(26)27)21-22(18)25-23(24-21)20(15-8-4-2-5-9-15)16-10-6-3-7-11-16/h2,4-5,8-9,12-13,16,20H,3,6-7,10-11,14H2,1H3,(H,24,25)(H,26,27).